The predicted molar refractivity (Wildman–Crippen MR) is 97.2 cm³/mol. The SMILES string of the molecule is Cc1nnc2sc(C(O)NCc3ccc(Br)cc3)c(N)c2c1C. The number of rotatable bonds is 4. The number of hydrogen-bond acceptors (Lipinski definition) is 6. The summed E-state index contributed by atoms with van der Waals surface area (Å²) in [6, 6.07) is 7.94. The van der Waals surface area contributed by atoms with Crippen LogP contribution in [0.25, 0.3) is 10.2 Å². The van der Waals surface area contributed by atoms with Gasteiger partial charge in [0.05, 0.1) is 16.3 Å². The van der Waals surface area contributed by atoms with Crippen LogP contribution in [-0.2, 0) is 6.54 Å². The molecule has 4 N–H and O–H groups in total. The number of halogens is 1. The van der Waals surface area contributed by atoms with Crippen LogP contribution in [0.1, 0.15) is 27.9 Å². The number of aliphatic hydroxyl groups is 1. The van der Waals surface area contributed by atoms with Crippen LogP contribution >= 0.6 is 27.3 Å². The average molecular weight is 393 g/mol. The van der Waals surface area contributed by atoms with E-state index in [1.54, 1.807) is 0 Å². The van der Waals surface area contributed by atoms with Crippen LogP contribution in [0.4, 0.5) is 5.69 Å². The van der Waals surface area contributed by atoms with Crippen molar-refractivity contribution in [1.29, 1.82) is 0 Å². The summed E-state index contributed by atoms with van der Waals surface area (Å²) in [6.45, 7) is 4.42. The van der Waals surface area contributed by atoms with Gasteiger partial charge in [-0.05, 0) is 37.1 Å². The lowest BCUT2D eigenvalue weighted by atomic mass is 10.1. The molecule has 0 saturated heterocycles. The Balaban J connectivity index is 1.83. The zero-order chi connectivity index (χ0) is 16.6. The minimum atomic E-state index is -0.836. The molecule has 0 aliphatic rings. The molecule has 1 atom stereocenters. The van der Waals surface area contributed by atoms with Crippen molar-refractivity contribution < 1.29 is 5.11 Å². The Morgan fingerprint density at radius 3 is 2.65 bits per heavy atom. The molecule has 0 radical (unpaired) electrons. The smallest absolute Gasteiger partial charge is 0.148 e. The van der Waals surface area contributed by atoms with Gasteiger partial charge in [0.15, 0.2) is 0 Å². The van der Waals surface area contributed by atoms with Crippen LogP contribution in [0.3, 0.4) is 0 Å². The van der Waals surface area contributed by atoms with Gasteiger partial charge in [0.2, 0.25) is 0 Å². The Morgan fingerprint density at radius 1 is 1.26 bits per heavy atom. The van der Waals surface area contributed by atoms with Gasteiger partial charge in [-0.3, -0.25) is 5.32 Å². The Morgan fingerprint density at radius 2 is 1.96 bits per heavy atom. The largest absolute Gasteiger partial charge is 0.397 e. The maximum absolute atomic E-state index is 10.4. The molecule has 7 heteroatoms. The van der Waals surface area contributed by atoms with E-state index in [1.807, 2.05) is 38.1 Å². The van der Waals surface area contributed by atoms with Gasteiger partial charge in [-0.25, -0.2) is 0 Å². The molecule has 0 bridgehead atoms. The number of benzene rings is 1. The van der Waals surface area contributed by atoms with Gasteiger partial charge in [0.25, 0.3) is 0 Å². The number of anilines is 1. The molecule has 0 aliphatic carbocycles. The first-order chi connectivity index (χ1) is 11.0. The molecule has 0 aliphatic heterocycles. The molecule has 0 fully saturated rings. The number of thiophene rings is 1. The summed E-state index contributed by atoms with van der Waals surface area (Å²) >= 11 is 4.78. The number of aliphatic hydroxyl groups excluding tert-OH is 1. The summed E-state index contributed by atoms with van der Waals surface area (Å²) in [6.07, 6.45) is -0.836. The van der Waals surface area contributed by atoms with Crippen molar-refractivity contribution in [1.82, 2.24) is 15.5 Å². The van der Waals surface area contributed by atoms with Crippen molar-refractivity contribution in [3.05, 3.63) is 50.4 Å². The topological polar surface area (TPSA) is 84.1 Å². The second-order valence-corrected chi connectivity index (χ2v) is 7.33. The molecular formula is C16H17BrN4OS. The fourth-order valence-electron chi connectivity index (χ4n) is 2.37. The van der Waals surface area contributed by atoms with Gasteiger partial charge in [-0.15, -0.1) is 16.4 Å². The minimum Gasteiger partial charge on any atom is -0.397 e. The number of nitrogen functional groups attached to an aromatic ring is 1. The monoisotopic (exact) mass is 392 g/mol. The summed E-state index contributed by atoms with van der Waals surface area (Å²) < 4.78 is 1.03. The van der Waals surface area contributed by atoms with Crippen LogP contribution in [-0.4, -0.2) is 15.3 Å². The zero-order valence-electron chi connectivity index (χ0n) is 12.8. The molecule has 5 nitrogen and oxygen atoms in total. The molecule has 120 valence electrons. The zero-order valence-corrected chi connectivity index (χ0v) is 15.2. The highest BCUT2D eigenvalue weighted by Crippen LogP contribution is 2.37. The average Bonchev–Trinajstić information content (AvgIpc) is 2.88. The van der Waals surface area contributed by atoms with E-state index in [4.69, 9.17) is 5.73 Å². The first-order valence-corrected chi connectivity index (χ1v) is 8.76. The van der Waals surface area contributed by atoms with Gasteiger partial charge >= 0.3 is 0 Å². The first-order valence-electron chi connectivity index (χ1n) is 7.15. The lowest BCUT2D eigenvalue weighted by molar-refractivity contribution is 0.141. The normalized spacial score (nSPS) is 12.7. The summed E-state index contributed by atoms with van der Waals surface area (Å²) in [5, 5.41) is 22.7. The van der Waals surface area contributed by atoms with E-state index in [0.29, 0.717) is 17.1 Å². The van der Waals surface area contributed by atoms with E-state index in [9.17, 15) is 5.11 Å². The number of hydrogen-bond donors (Lipinski definition) is 3. The van der Waals surface area contributed by atoms with Gasteiger partial charge < -0.3 is 10.8 Å². The lowest BCUT2D eigenvalue weighted by Crippen LogP contribution is -2.20. The molecule has 3 rings (SSSR count). The quantitative estimate of drug-likeness (QED) is 0.592. The van der Waals surface area contributed by atoms with E-state index in [2.05, 4.69) is 31.4 Å². The van der Waals surface area contributed by atoms with Crippen molar-refractivity contribution >= 4 is 43.2 Å². The minimum absolute atomic E-state index is 0.547. The molecule has 2 heterocycles. The molecular weight excluding hydrogens is 376 g/mol. The van der Waals surface area contributed by atoms with Crippen LogP contribution in [0.2, 0.25) is 0 Å². The molecule has 3 aromatic rings. The third-order valence-electron chi connectivity index (χ3n) is 3.82. The molecule has 0 saturated carbocycles. The third kappa shape index (κ3) is 3.23. The molecule has 2 aromatic heterocycles. The summed E-state index contributed by atoms with van der Waals surface area (Å²) in [5.41, 5.74) is 9.76. The van der Waals surface area contributed by atoms with Crippen molar-refractivity contribution in [3.8, 4) is 0 Å². The van der Waals surface area contributed by atoms with E-state index in [0.717, 1.165) is 31.5 Å². The molecule has 1 aromatic carbocycles. The molecule has 0 amide bonds. The van der Waals surface area contributed by atoms with E-state index in [1.165, 1.54) is 11.3 Å². The fourth-order valence-corrected chi connectivity index (χ4v) is 3.70. The fraction of sp³-hybridized carbons (Fsp3) is 0.250. The van der Waals surface area contributed by atoms with E-state index >= 15 is 0 Å². The van der Waals surface area contributed by atoms with E-state index < -0.39 is 6.23 Å². The Labute approximate surface area is 146 Å². The lowest BCUT2D eigenvalue weighted by Gasteiger charge is -2.12. The second-order valence-electron chi connectivity index (χ2n) is 5.38. The van der Waals surface area contributed by atoms with Crippen LogP contribution in [0.5, 0.6) is 0 Å². The highest BCUT2D eigenvalue weighted by atomic mass is 79.9. The first kappa shape index (κ1) is 16.3. The van der Waals surface area contributed by atoms with Crippen LogP contribution in [0.15, 0.2) is 28.7 Å². The van der Waals surface area contributed by atoms with E-state index in [-0.39, 0.29) is 0 Å². The maximum Gasteiger partial charge on any atom is 0.148 e. The standard InChI is InChI=1S/C16H17BrN4OS/c1-8-9(2)20-21-16-12(8)13(18)14(23-16)15(22)19-7-10-3-5-11(17)6-4-10/h3-6,15,19,22H,7,18H2,1-2H3. The summed E-state index contributed by atoms with van der Waals surface area (Å²) in [5.74, 6) is 0. The van der Waals surface area contributed by atoms with Crippen molar-refractivity contribution in [3.63, 3.8) is 0 Å². The van der Waals surface area contributed by atoms with Gasteiger partial charge in [0, 0.05) is 16.4 Å². The molecule has 1 unspecified atom stereocenters. The van der Waals surface area contributed by atoms with Crippen molar-refractivity contribution in [2.75, 3.05) is 5.73 Å². The summed E-state index contributed by atoms with van der Waals surface area (Å²) in [7, 11) is 0. The second kappa shape index (κ2) is 6.52. The summed E-state index contributed by atoms with van der Waals surface area (Å²) in [4.78, 5) is 1.44. The number of nitrogens with zero attached hydrogens (tertiary/aromatic N) is 2. The Bertz CT molecular complexity index is 847. The van der Waals surface area contributed by atoms with Crippen LogP contribution in [0, 0.1) is 13.8 Å². The van der Waals surface area contributed by atoms with Crippen molar-refractivity contribution in [2.45, 2.75) is 26.6 Å². The predicted octanol–water partition coefficient (Wildman–Crippen LogP) is 3.43. The van der Waals surface area contributed by atoms with Gasteiger partial charge in [0.1, 0.15) is 11.1 Å². The number of aromatic nitrogens is 2. The third-order valence-corrected chi connectivity index (χ3v) is 5.50. The highest BCUT2D eigenvalue weighted by molar-refractivity contribution is 9.10. The number of aryl methyl sites for hydroxylation is 2. The number of nitrogens with two attached hydrogens (primary N) is 1. The highest BCUT2D eigenvalue weighted by Gasteiger charge is 2.19. The molecule has 0 spiro atoms. The maximum atomic E-state index is 10.4. The van der Waals surface area contributed by atoms with Gasteiger partial charge in [-0.2, -0.15) is 5.10 Å². The molecule has 23 heavy (non-hydrogen) atoms. The number of fused-ring (bicyclic) bond motifs is 1. The Kier molecular flexibility index (Phi) is 4.63. The Hall–Kier alpha value is -1.54. The van der Waals surface area contributed by atoms with Crippen molar-refractivity contribution in [2.24, 2.45) is 0 Å². The van der Waals surface area contributed by atoms with Gasteiger partial charge in [-0.1, -0.05) is 28.1 Å². The number of nitrogens with one attached hydrogen (secondary N) is 1. The van der Waals surface area contributed by atoms with Crippen LogP contribution < -0.4 is 11.1 Å².